The van der Waals surface area contributed by atoms with E-state index in [9.17, 15) is 9.18 Å². The van der Waals surface area contributed by atoms with Crippen molar-refractivity contribution >= 4 is 23.4 Å². The molecule has 0 aliphatic carbocycles. The maximum absolute atomic E-state index is 13.5. The molecule has 35 heavy (non-hydrogen) atoms. The van der Waals surface area contributed by atoms with E-state index in [4.69, 9.17) is 10.00 Å². The minimum absolute atomic E-state index is 0.0441. The number of hydrogen-bond acceptors (Lipinski definition) is 6. The molecule has 0 bridgehead atoms. The third-order valence-corrected chi connectivity index (χ3v) is 6.77. The summed E-state index contributed by atoms with van der Waals surface area (Å²) in [6.07, 6.45) is 2.23. The van der Waals surface area contributed by atoms with Crippen LogP contribution in [0.15, 0.2) is 47.6 Å². The van der Waals surface area contributed by atoms with Gasteiger partial charge in [0.15, 0.2) is 11.0 Å². The second-order valence-corrected chi connectivity index (χ2v) is 9.59. The van der Waals surface area contributed by atoms with Crippen LogP contribution in [0, 0.1) is 31.0 Å². The summed E-state index contributed by atoms with van der Waals surface area (Å²) < 4.78 is 21.3. The molecule has 1 aliphatic heterocycles. The number of hydrogen-bond donors (Lipinski definition) is 0. The van der Waals surface area contributed by atoms with Gasteiger partial charge in [0.1, 0.15) is 5.82 Å². The number of aromatic nitrogens is 3. The highest BCUT2D eigenvalue weighted by Gasteiger charge is 2.23. The van der Waals surface area contributed by atoms with Gasteiger partial charge in [-0.1, -0.05) is 17.8 Å². The Morgan fingerprint density at radius 3 is 2.63 bits per heavy atom. The zero-order valence-electron chi connectivity index (χ0n) is 19.9. The van der Waals surface area contributed by atoms with Crippen LogP contribution in [0.5, 0.6) is 0 Å². The van der Waals surface area contributed by atoms with E-state index in [-0.39, 0.29) is 30.0 Å². The number of nitrogens with zero attached hydrogens (tertiary/aromatic N) is 5. The van der Waals surface area contributed by atoms with Gasteiger partial charge in [-0.05, 0) is 74.2 Å². The van der Waals surface area contributed by atoms with Gasteiger partial charge in [-0.25, -0.2) is 4.39 Å². The molecule has 1 aromatic heterocycles. The number of carbonyl (C=O) groups is 1. The van der Waals surface area contributed by atoms with Gasteiger partial charge in [-0.2, -0.15) is 5.26 Å². The lowest BCUT2D eigenvalue weighted by atomic mass is 10.1. The van der Waals surface area contributed by atoms with Gasteiger partial charge in [0, 0.05) is 24.4 Å². The highest BCUT2D eigenvalue weighted by atomic mass is 32.2. The van der Waals surface area contributed by atoms with Gasteiger partial charge in [0.25, 0.3) is 0 Å². The van der Waals surface area contributed by atoms with Crippen LogP contribution in [-0.4, -0.2) is 45.7 Å². The van der Waals surface area contributed by atoms with Crippen molar-refractivity contribution in [2.75, 3.05) is 23.8 Å². The van der Waals surface area contributed by atoms with Gasteiger partial charge < -0.3 is 9.64 Å². The molecule has 1 atom stereocenters. The molecule has 7 nitrogen and oxygen atoms in total. The van der Waals surface area contributed by atoms with Crippen molar-refractivity contribution in [3.63, 3.8) is 0 Å². The Morgan fingerprint density at radius 2 is 1.97 bits per heavy atom. The van der Waals surface area contributed by atoms with Crippen LogP contribution in [0.25, 0.3) is 11.4 Å². The van der Waals surface area contributed by atoms with E-state index < -0.39 is 0 Å². The third kappa shape index (κ3) is 6.27. The summed E-state index contributed by atoms with van der Waals surface area (Å²) in [6, 6.07) is 14.2. The number of carbonyl (C=O) groups excluding carboxylic acids is 1. The fourth-order valence-corrected chi connectivity index (χ4v) is 5.06. The average molecular weight is 494 g/mol. The molecule has 182 valence electrons. The van der Waals surface area contributed by atoms with E-state index >= 15 is 0 Å². The van der Waals surface area contributed by atoms with Crippen molar-refractivity contribution in [3.8, 4) is 17.5 Å². The lowest BCUT2D eigenvalue weighted by Gasteiger charge is -2.23. The summed E-state index contributed by atoms with van der Waals surface area (Å²) in [5.41, 5.74) is 3.66. The number of ether oxygens (including phenoxy) is 1. The molecule has 1 fully saturated rings. The number of halogens is 1. The molecule has 1 aliphatic rings. The van der Waals surface area contributed by atoms with Crippen molar-refractivity contribution in [2.24, 2.45) is 0 Å². The SMILES string of the molecule is Cc1cc(C)cc(N(CCC#N)C(=O)CSc2nnc(-c3ccc(F)cc3)n2CC2CCCO2)c1. The Balaban J connectivity index is 1.56. The number of rotatable bonds is 9. The molecule has 4 rings (SSSR count). The van der Waals surface area contributed by atoms with E-state index in [1.165, 1.54) is 23.9 Å². The number of aryl methyl sites for hydroxylation is 2. The molecular weight excluding hydrogens is 465 g/mol. The van der Waals surface area contributed by atoms with E-state index in [2.05, 4.69) is 22.3 Å². The van der Waals surface area contributed by atoms with Crippen LogP contribution in [-0.2, 0) is 16.1 Å². The van der Waals surface area contributed by atoms with Crippen LogP contribution in [0.2, 0.25) is 0 Å². The van der Waals surface area contributed by atoms with Crippen LogP contribution < -0.4 is 4.90 Å². The Labute approximate surface area is 208 Å². The standard InChI is InChI=1S/C26H28FN5O2S/c1-18-13-19(2)15-22(14-18)31(11-4-10-28)24(33)17-35-26-30-29-25(20-6-8-21(27)9-7-20)32(26)16-23-5-3-12-34-23/h6-9,13-15,23H,3-5,11-12,16-17H2,1-2H3. The number of benzene rings is 2. The summed E-state index contributed by atoms with van der Waals surface area (Å²) >= 11 is 1.31. The zero-order chi connectivity index (χ0) is 24.8. The quantitative estimate of drug-likeness (QED) is 0.394. The number of anilines is 1. The molecule has 0 radical (unpaired) electrons. The van der Waals surface area contributed by atoms with Crippen LogP contribution in [0.3, 0.4) is 0 Å². The van der Waals surface area contributed by atoms with Crippen LogP contribution in [0.1, 0.15) is 30.4 Å². The van der Waals surface area contributed by atoms with Crippen molar-refractivity contribution in [1.82, 2.24) is 14.8 Å². The highest BCUT2D eigenvalue weighted by molar-refractivity contribution is 7.99. The molecule has 0 saturated carbocycles. The zero-order valence-corrected chi connectivity index (χ0v) is 20.7. The molecule has 0 spiro atoms. The summed E-state index contributed by atoms with van der Waals surface area (Å²) in [4.78, 5) is 15.0. The first kappa shape index (κ1) is 24.9. The van der Waals surface area contributed by atoms with Crippen LogP contribution >= 0.6 is 11.8 Å². The lowest BCUT2D eigenvalue weighted by Crippen LogP contribution is -2.33. The Morgan fingerprint density at radius 1 is 1.23 bits per heavy atom. The summed E-state index contributed by atoms with van der Waals surface area (Å²) in [5.74, 6) is 0.338. The number of thioether (sulfide) groups is 1. The predicted octanol–water partition coefficient (Wildman–Crippen LogP) is 4.92. The molecule has 1 unspecified atom stereocenters. The summed E-state index contributed by atoms with van der Waals surface area (Å²) in [7, 11) is 0. The molecular formula is C26H28FN5O2S. The molecule has 3 aromatic rings. The third-order valence-electron chi connectivity index (χ3n) is 5.82. The minimum Gasteiger partial charge on any atom is -0.376 e. The van der Waals surface area contributed by atoms with E-state index in [1.807, 2.05) is 30.5 Å². The normalized spacial score (nSPS) is 15.2. The smallest absolute Gasteiger partial charge is 0.237 e. The van der Waals surface area contributed by atoms with E-state index in [0.717, 1.165) is 41.8 Å². The summed E-state index contributed by atoms with van der Waals surface area (Å²) in [5, 5.41) is 18.4. The van der Waals surface area contributed by atoms with E-state index in [1.54, 1.807) is 17.0 Å². The van der Waals surface area contributed by atoms with Crippen LogP contribution in [0.4, 0.5) is 10.1 Å². The Hall–Kier alpha value is -3.22. The Bertz CT molecular complexity index is 1200. The largest absolute Gasteiger partial charge is 0.376 e. The first-order chi connectivity index (χ1) is 16.9. The fraction of sp³-hybridized carbons (Fsp3) is 0.385. The number of nitriles is 1. The predicted molar refractivity (Wildman–Crippen MR) is 134 cm³/mol. The van der Waals surface area contributed by atoms with Gasteiger partial charge >= 0.3 is 0 Å². The number of amides is 1. The molecule has 1 amide bonds. The van der Waals surface area contributed by atoms with Crippen molar-refractivity contribution in [2.45, 2.75) is 50.9 Å². The first-order valence-corrected chi connectivity index (χ1v) is 12.6. The van der Waals surface area contributed by atoms with Gasteiger partial charge in [0.05, 0.1) is 30.9 Å². The molecule has 1 saturated heterocycles. The van der Waals surface area contributed by atoms with Gasteiger partial charge in [-0.3, -0.25) is 9.36 Å². The van der Waals surface area contributed by atoms with Crippen molar-refractivity contribution in [1.29, 1.82) is 5.26 Å². The summed E-state index contributed by atoms with van der Waals surface area (Å²) in [6.45, 7) is 5.59. The topological polar surface area (TPSA) is 84.0 Å². The fourth-order valence-electron chi connectivity index (χ4n) is 4.23. The minimum atomic E-state index is -0.317. The molecule has 9 heteroatoms. The first-order valence-electron chi connectivity index (χ1n) is 11.6. The second kappa shape index (κ2) is 11.5. The van der Waals surface area contributed by atoms with Gasteiger partial charge in [0.2, 0.25) is 5.91 Å². The van der Waals surface area contributed by atoms with E-state index in [0.29, 0.717) is 24.1 Å². The van der Waals surface area contributed by atoms with Crippen molar-refractivity contribution in [3.05, 3.63) is 59.4 Å². The Kier molecular flexibility index (Phi) is 8.16. The highest BCUT2D eigenvalue weighted by Crippen LogP contribution is 2.28. The monoisotopic (exact) mass is 493 g/mol. The molecule has 2 aromatic carbocycles. The molecule has 2 heterocycles. The maximum atomic E-state index is 13.5. The maximum Gasteiger partial charge on any atom is 0.237 e. The average Bonchev–Trinajstić information content (AvgIpc) is 3.48. The lowest BCUT2D eigenvalue weighted by molar-refractivity contribution is -0.116. The van der Waals surface area contributed by atoms with Crippen molar-refractivity contribution < 1.29 is 13.9 Å². The van der Waals surface area contributed by atoms with Gasteiger partial charge in [-0.15, -0.1) is 10.2 Å². The molecule has 0 N–H and O–H groups in total. The second-order valence-electron chi connectivity index (χ2n) is 8.65.